The number of nitrogens with one attached hydrogen (secondary N) is 2. The molecule has 0 saturated carbocycles. The molecule has 8 heteroatoms. The largest absolute Gasteiger partial charge is 0.376 e. The van der Waals surface area contributed by atoms with Crippen LogP contribution in [0.15, 0.2) is 0 Å². The Hall–Kier alpha value is -1.54. The van der Waals surface area contributed by atoms with Crippen molar-refractivity contribution in [3.63, 3.8) is 0 Å². The van der Waals surface area contributed by atoms with E-state index in [9.17, 15) is 9.59 Å². The van der Waals surface area contributed by atoms with Gasteiger partial charge in [0, 0.05) is 0 Å². The van der Waals surface area contributed by atoms with Gasteiger partial charge in [0.15, 0.2) is 6.17 Å². The predicted molar refractivity (Wildman–Crippen MR) is 42.5 cm³/mol. The maximum atomic E-state index is 11.2. The molecule has 2 rings (SSSR count). The molecule has 0 bridgehead atoms. The molecule has 0 aliphatic carbocycles. The van der Waals surface area contributed by atoms with Crippen LogP contribution in [-0.2, 0) is 0 Å². The average molecular weight is 202 g/mol. The second-order valence-electron chi connectivity index (χ2n) is 3.01. The molecule has 2 fully saturated rings. The van der Waals surface area contributed by atoms with Gasteiger partial charge in [-0.3, -0.25) is 9.80 Å². The molecular formula is C6H10N4O4. The number of aliphatic hydroxyl groups excluding tert-OH is 2. The number of hydrogen-bond donors (Lipinski definition) is 4. The molecule has 2 saturated heterocycles. The third-order valence-corrected chi connectivity index (χ3v) is 2.32. The smallest absolute Gasteiger partial charge is 0.322 e. The van der Waals surface area contributed by atoms with E-state index in [0.717, 1.165) is 9.80 Å². The van der Waals surface area contributed by atoms with E-state index in [1.807, 2.05) is 0 Å². The maximum absolute atomic E-state index is 11.2. The highest BCUT2D eigenvalue weighted by molar-refractivity contribution is 5.84. The Morgan fingerprint density at radius 1 is 1.07 bits per heavy atom. The molecule has 4 N–H and O–H groups in total. The third kappa shape index (κ3) is 1.01. The van der Waals surface area contributed by atoms with Crippen molar-refractivity contribution >= 4 is 12.1 Å². The first kappa shape index (κ1) is 9.03. The lowest BCUT2D eigenvalue weighted by atomic mass is 10.4. The van der Waals surface area contributed by atoms with Crippen molar-refractivity contribution in [2.24, 2.45) is 0 Å². The van der Waals surface area contributed by atoms with E-state index in [2.05, 4.69) is 10.6 Å². The first-order valence-electron chi connectivity index (χ1n) is 4.05. The first-order valence-corrected chi connectivity index (χ1v) is 4.05. The number of carbonyl (C=O) groups excluding carboxylic acids is 2. The molecule has 8 nitrogen and oxygen atoms in total. The predicted octanol–water partition coefficient (Wildman–Crippen LogP) is -2.41. The first-order chi connectivity index (χ1) is 6.69. The Morgan fingerprint density at radius 3 is 1.86 bits per heavy atom. The van der Waals surface area contributed by atoms with Crippen molar-refractivity contribution in [2.75, 3.05) is 13.5 Å². The van der Waals surface area contributed by atoms with E-state index in [-0.39, 0.29) is 0 Å². The summed E-state index contributed by atoms with van der Waals surface area (Å²) in [5.74, 6) is 0. The molecule has 4 amide bonds. The van der Waals surface area contributed by atoms with Crippen LogP contribution in [0, 0.1) is 0 Å². The quantitative estimate of drug-likeness (QED) is 0.400. The van der Waals surface area contributed by atoms with Gasteiger partial charge in [-0.15, -0.1) is 0 Å². The second-order valence-corrected chi connectivity index (χ2v) is 3.01. The molecule has 0 aromatic heterocycles. The zero-order valence-corrected chi connectivity index (χ0v) is 7.17. The number of urea groups is 2. The third-order valence-electron chi connectivity index (χ3n) is 2.32. The Kier molecular flexibility index (Phi) is 1.93. The minimum Gasteiger partial charge on any atom is -0.376 e. The SMILES string of the molecule is O=C1NC2NC(=O)N(CO)C2N1CO. The molecule has 0 radical (unpaired) electrons. The summed E-state index contributed by atoms with van der Waals surface area (Å²) in [4.78, 5) is 24.5. The average Bonchev–Trinajstić information content (AvgIpc) is 2.58. The summed E-state index contributed by atoms with van der Waals surface area (Å²) in [6.45, 7) is -1.00. The van der Waals surface area contributed by atoms with Gasteiger partial charge in [-0.25, -0.2) is 9.59 Å². The zero-order chi connectivity index (χ0) is 10.3. The van der Waals surface area contributed by atoms with Crippen LogP contribution < -0.4 is 10.6 Å². The van der Waals surface area contributed by atoms with Crippen molar-refractivity contribution in [2.45, 2.75) is 12.3 Å². The van der Waals surface area contributed by atoms with Crippen LogP contribution in [-0.4, -0.2) is 57.9 Å². The molecule has 0 aromatic carbocycles. The van der Waals surface area contributed by atoms with Gasteiger partial charge in [-0.05, 0) is 0 Å². The molecule has 0 aromatic rings. The second kappa shape index (κ2) is 3.00. The van der Waals surface area contributed by atoms with Crippen LogP contribution in [0.25, 0.3) is 0 Å². The Labute approximate surface area is 79.1 Å². The Bertz CT molecular complexity index is 257. The van der Waals surface area contributed by atoms with Crippen molar-refractivity contribution in [3.05, 3.63) is 0 Å². The number of carbonyl (C=O) groups is 2. The highest BCUT2D eigenvalue weighted by Crippen LogP contribution is 2.20. The van der Waals surface area contributed by atoms with E-state index < -0.39 is 37.9 Å². The monoisotopic (exact) mass is 202 g/mol. The summed E-state index contributed by atoms with van der Waals surface area (Å²) in [5, 5.41) is 22.7. The van der Waals surface area contributed by atoms with Crippen molar-refractivity contribution < 1.29 is 19.8 Å². The van der Waals surface area contributed by atoms with E-state index in [1.54, 1.807) is 0 Å². The number of nitrogens with zero attached hydrogens (tertiary/aromatic N) is 2. The summed E-state index contributed by atoms with van der Waals surface area (Å²) in [5.41, 5.74) is 0. The lowest BCUT2D eigenvalue weighted by Crippen LogP contribution is -2.47. The fourth-order valence-electron chi connectivity index (χ4n) is 1.68. The highest BCUT2D eigenvalue weighted by Gasteiger charge is 2.50. The topological polar surface area (TPSA) is 105 Å². The van der Waals surface area contributed by atoms with Crippen LogP contribution in [0.2, 0.25) is 0 Å². The summed E-state index contributed by atoms with van der Waals surface area (Å²) in [6.07, 6.45) is -1.24. The van der Waals surface area contributed by atoms with E-state index in [0.29, 0.717) is 0 Å². The molecule has 14 heavy (non-hydrogen) atoms. The van der Waals surface area contributed by atoms with Gasteiger partial charge in [0.1, 0.15) is 19.6 Å². The van der Waals surface area contributed by atoms with Gasteiger partial charge in [-0.1, -0.05) is 0 Å². The van der Waals surface area contributed by atoms with Gasteiger partial charge in [-0.2, -0.15) is 0 Å². The van der Waals surface area contributed by atoms with E-state index >= 15 is 0 Å². The maximum Gasteiger partial charge on any atom is 0.322 e. The van der Waals surface area contributed by atoms with Crippen molar-refractivity contribution in [3.8, 4) is 0 Å². The number of hydrogen-bond acceptors (Lipinski definition) is 4. The molecule has 2 aliphatic heterocycles. The molecule has 2 aliphatic rings. The van der Waals surface area contributed by atoms with Gasteiger partial charge in [0.2, 0.25) is 0 Å². The van der Waals surface area contributed by atoms with E-state index in [4.69, 9.17) is 10.2 Å². The molecule has 0 unspecified atom stereocenters. The summed E-state index contributed by atoms with van der Waals surface area (Å²) in [7, 11) is 0. The van der Waals surface area contributed by atoms with Crippen LogP contribution >= 0.6 is 0 Å². The van der Waals surface area contributed by atoms with Crippen molar-refractivity contribution in [1.82, 2.24) is 20.4 Å². The normalized spacial score (nSPS) is 30.4. The lowest BCUT2D eigenvalue weighted by molar-refractivity contribution is 0.0273. The Morgan fingerprint density at radius 2 is 1.50 bits per heavy atom. The van der Waals surface area contributed by atoms with Crippen LogP contribution in [0.5, 0.6) is 0 Å². The fourth-order valence-corrected chi connectivity index (χ4v) is 1.68. The van der Waals surface area contributed by atoms with Gasteiger partial charge in [0.05, 0.1) is 0 Å². The zero-order valence-electron chi connectivity index (χ0n) is 7.17. The van der Waals surface area contributed by atoms with Crippen LogP contribution in [0.3, 0.4) is 0 Å². The minimum atomic E-state index is -0.662. The summed E-state index contributed by atoms with van der Waals surface area (Å²) < 4.78 is 0. The van der Waals surface area contributed by atoms with Crippen LogP contribution in [0.1, 0.15) is 0 Å². The van der Waals surface area contributed by atoms with Gasteiger partial charge >= 0.3 is 12.1 Å². The molecule has 0 atom stereocenters. The fraction of sp³-hybridized carbons (Fsp3) is 0.667. The van der Waals surface area contributed by atoms with Crippen LogP contribution in [0.4, 0.5) is 9.59 Å². The summed E-state index contributed by atoms with van der Waals surface area (Å²) in [6, 6.07) is -0.943. The van der Waals surface area contributed by atoms with Gasteiger partial charge < -0.3 is 20.8 Å². The number of fused-ring (bicyclic) bond motifs is 1. The number of amides is 4. The lowest BCUT2D eigenvalue weighted by Gasteiger charge is -2.25. The number of aliphatic hydroxyl groups is 2. The molecule has 78 valence electrons. The Balaban J connectivity index is 2.24. The number of rotatable bonds is 2. The highest BCUT2D eigenvalue weighted by atomic mass is 16.3. The van der Waals surface area contributed by atoms with E-state index in [1.165, 1.54) is 0 Å². The molecule has 2 heterocycles. The summed E-state index contributed by atoms with van der Waals surface area (Å²) >= 11 is 0. The molecular weight excluding hydrogens is 192 g/mol. The van der Waals surface area contributed by atoms with Gasteiger partial charge in [0.25, 0.3) is 0 Å². The standard InChI is InChI=1S/C6H10N4O4/c11-1-9-4-3(7-5(9)13)8-6(14)10(4)2-12/h3-4,11-12H,1-2H2,(H,7,13)(H,8,14). The van der Waals surface area contributed by atoms with Crippen molar-refractivity contribution in [1.29, 1.82) is 0 Å². The minimum absolute atomic E-state index is 0.471. The molecule has 0 spiro atoms.